The number of benzene rings is 1. The maximum Gasteiger partial charge on any atom is 0.165 e. The Hall–Kier alpha value is -1.27. The van der Waals surface area contributed by atoms with Crippen LogP contribution in [0.2, 0.25) is 0 Å². The Labute approximate surface area is 102 Å². The highest BCUT2D eigenvalue weighted by atomic mass is 79.9. The van der Waals surface area contributed by atoms with E-state index < -0.39 is 0 Å². The van der Waals surface area contributed by atoms with Crippen molar-refractivity contribution in [2.45, 2.75) is 13.1 Å². The van der Waals surface area contributed by atoms with Crippen LogP contribution >= 0.6 is 15.9 Å². The minimum atomic E-state index is 0.664. The van der Waals surface area contributed by atoms with Crippen LogP contribution in [-0.2, 0) is 13.1 Å². The fraction of sp³-hybridized carbons (Fsp3) is 0.300. The van der Waals surface area contributed by atoms with E-state index >= 15 is 0 Å². The van der Waals surface area contributed by atoms with Crippen molar-refractivity contribution in [1.82, 2.24) is 25.5 Å². The van der Waals surface area contributed by atoms with Crippen LogP contribution in [0.4, 0.5) is 0 Å². The molecule has 16 heavy (non-hydrogen) atoms. The second-order valence-electron chi connectivity index (χ2n) is 3.37. The number of hydrogen-bond donors (Lipinski definition) is 1. The second-order valence-corrected chi connectivity index (χ2v) is 4.23. The Morgan fingerprint density at radius 3 is 2.94 bits per heavy atom. The van der Waals surface area contributed by atoms with E-state index in [1.54, 1.807) is 4.68 Å². The summed E-state index contributed by atoms with van der Waals surface area (Å²) in [7, 11) is 1.87. The van der Waals surface area contributed by atoms with Crippen LogP contribution in [0.5, 0.6) is 0 Å². The molecule has 0 atom stereocenters. The molecule has 6 heteroatoms. The highest BCUT2D eigenvalue weighted by molar-refractivity contribution is 9.10. The summed E-state index contributed by atoms with van der Waals surface area (Å²) in [5.74, 6) is 0.832. The van der Waals surface area contributed by atoms with Crippen molar-refractivity contribution in [3.63, 3.8) is 0 Å². The molecule has 1 aromatic carbocycles. The van der Waals surface area contributed by atoms with Gasteiger partial charge >= 0.3 is 0 Å². The predicted octanol–water partition coefficient (Wildman–Crippen LogP) is 1.20. The zero-order valence-corrected chi connectivity index (χ0v) is 10.5. The third-order valence-electron chi connectivity index (χ3n) is 2.22. The quantitative estimate of drug-likeness (QED) is 0.915. The molecule has 1 N–H and O–H groups in total. The van der Waals surface area contributed by atoms with Crippen LogP contribution in [0, 0.1) is 0 Å². The van der Waals surface area contributed by atoms with Crippen LogP contribution < -0.4 is 5.32 Å². The monoisotopic (exact) mass is 281 g/mol. The van der Waals surface area contributed by atoms with Gasteiger partial charge in [-0.05, 0) is 29.1 Å². The van der Waals surface area contributed by atoms with E-state index in [0.29, 0.717) is 13.1 Å². The van der Waals surface area contributed by atoms with Gasteiger partial charge in [0.2, 0.25) is 0 Å². The molecule has 0 saturated heterocycles. The normalized spacial score (nSPS) is 10.6. The number of rotatable bonds is 4. The average molecular weight is 282 g/mol. The fourth-order valence-corrected chi connectivity index (χ4v) is 1.83. The number of halogens is 1. The molecule has 0 aliphatic carbocycles. The maximum absolute atomic E-state index is 3.97. The number of nitrogens with one attached hydrogen (secondary N) is 1. The van der Waals surface area contributed by atoms with E-state index in [1.165, 1.54) is 0 Å². The molecule has 1 aromatic heterocycles. The molecular weight excluding hydrogens is 270 g/mol. The summed E-state index contributed by atoms with van der Waals surface area (Å²) in [4.78, 5) is 0. The van der Waals surface area contributed by atoms with Crippen molar-refractivity contribution >= 4 is 15.9 Å². The van der Waals surface area contributed by atoms with E-state index in [9.17, 15) is 0 Å². The highest BCUT2D eigenvalue weighted by Gasteiger charge is 2.06. The summed E-state index contributed by atoms with van der Waals surface area (Å²) in [5.41, 5.74) is 1.16. The summed E-state index contributed by atoms with van der Waals surface area (Å²) >= 11 is 3.51. The van der Waals surface area contributed by atoms with Crippen molar-refractivity contribution < 1.29 is 0 Å². The van der Waals surface area contributed by atoms with Crippen molar-refractivity contribution in [3.8, 4) is 0 Å². The van der Waals surface area contributed by atoms with Crippen LogP contribution in [0.25, 0.3) is 0 Å². The minimum absolute atomic E-state index is 0.664. The van der Waals surface area contributed by atoms with Crippen LogP contribution in [0.1, 0.15) is 11.4 Å². The lowest BCUT2D eigenvalue weighted by Crippen LogP contribution is -2.14. The van der Waals surface area contributed by atoms with Gasteiger partial charge in [-0.15, -0.1) is 5.10 Å². The molecule has 0 radical (unpaired) electrons. The van der Waals surface area contributed by atoms with E-state index in [1.807, 2.05) is 25.2 Å². The maximum atomic E-state index is 3.97. The lowest BCUT2D eigenvalue weighted by Gasteiger charge is -2.05. The van der Waals surface area contributed by atoms with Gasteiger partial charge in [-0.2, -0.15) is 0 Å². The van der Waals surface area contributed by atoms with Gasteiger partial charge in [0.05, 0.1) is 13.1 Å². The number of aromatic nitrogens is 4. The van der Waals surface area contributed by atoms with Gasteiger partial charge < -0.3 is 5.32 Å². The largest absolute Gasteiger partial charge is 0.313 e. The molecule has 1 heterocycles. The summed E-state index contributed by atoms with van der Waals surface area (Å²) in [6.07, 6.45) is 0. The van der Waals surface area contributed by atoms with Gasteiger partial charge in [0, 0.05) is 4.47 Å². The topological polar surface area (TPSA) is 55.6 Å². The van der Waals surface area contributed by atoms with Gasteiger partial charge in [0.1, 0.15) is 0 Å². The first-order valence-electron chi connectivity index (χ1n) is 4.94. The summed E-state index contributed by atoms with van der Waals surface area (Å²) < 4.78 is 2.86. The smallest absolute Gasteiger partial charge is 0.165 e. The van der Waals surface area contributed by atoms with E-state index in [-0.39, 0.29) is 0 Å². The van der Waals surface area contributed by atoms with Crippen molar-refractivity contribution in [1.29, 1.82) is 0 Å². The SMILES string of the molecule is CNCc1nnnn1Cc1ccccc1Br. The molecule has 0 bridgehead atoms. The van der Waals surface area contributed by atoms with E-state index in [0.717, 1.165) is 15.9 Å². The first-order valence-corrected chi connectivity index (χ1v) is 5.73. The van der Waals surface area contributed by atoms with Gasteiger partial charge in [-0.1, -0.05) is 34.1 Å². The van der Waals surface area contributed by atoms with Gasteiger partial charge in [-0.25, -0.2) is 4.68 Å². The molecule has 2 aromatic rings. The molecule has 0 unspecified atom stereocenters. The third kappa shape index (κ3) is 2.45. The highest BCUT2D eigenvalue weighted by Crippen LogP contribution is 2.16. The molecule has 0 spiro atoms. The second kappa shape index (κ2) is 5.18. The lowest BCUT2D eigenvalue weighted by molar-refractivity contribution is 0.600. The van der Waals surface area contributed by atoms with Gasteiger partial charge in [-0.3, -0.25) is 0 Å². The Morgan fingerprint density at radius 1 is 1.38 bits per heavy atom. The van der Waals surface area contributed by atoms with Crippen molar-refractivity contribution in [3.05, 3.63) is 40.1 Å². The predicted molar refractivity (Wildman–Crippen MR) is 63.8 cm³/mol. The first-order chi connectivity index (χ1) is 7.81. The fourth-order valence-electron chi connectivity index (χ4n) is 1.42. The number of hydrogen-bond acceptors (Lipinski definition) is 4. The van der Waals surface area contributed by atoms with Crippen LogP contribution in [0.15, 0.2) is 28.7 Å². The summed E-state index contributed by atoms with van der Waals surface area (Å²) in [6.45, 7) is 1.34. The number of nitrogens with zero attached hydrogens (tertiary/aromatic N) is 4. The Morgan fingerprint density at radius 2 is 2.19 bits per heavy atom. The van der Waals surface area contributed by atoms with E-state index in [2.05, 4.69) is 42.8 Å². The zero-order valence-electron chi connectivity index (χ0n) is 8.89. The standard InChI is InChI=1S/C10H12BrN5/c1-12-6-10-13-14-15-16(10)7-8-4-2-3-5-9(8)11/h2-5,12H,6-7H2,1H3. The van der Waals surface area contributed by atoms with Crippen molar-refractivity contribution in [2.24, 2.45) is 0 Å². The van der Waals surface area contributed by atoms with Crippen LogP contribution in [0.3, 0.4) is 0 Å². The Bertz CT molecular complexity index is 468. The molecule has 5 nitrogen and oxygen atoms in total. The number of tetrazole rings is 1. The zero-order chi connectivity index (χ0) is 11.4. The summed E-state index contributed by atoms with van der Waals surface area (Å²) in [5, 5.41) is 14.6. The van der Waals surface area contributed by atoms with Gasteiger partial charge in [0.15, 0.2) is 5.82 Å². The first kappa shape index (κ1) is 11.2. The third-order valence-corrected chi connectivity index (χ3v) is 2.99. The molecule has 84 valence electrons. The molecule has 2 rings (SSSR count). The molecule has 0 saturated carbocycles. The van der Waals surface area contributed by atoms with Crippen molar-refractivity contribution in [2.75, 3.05) is 7.05 Å². The summed E-state index contributed by atoms with van der Waals surface area (Å²) in [6, 6.07) is 8.05. The minimum Gasteiger partial charge on any atom is -0.313 e. The van der Waals surface area contributed by atoms with Crippen LogP contribution in [-0.4, -0.2) is 27.3 Å². The average Bonchev–Trinajstić information content (AvgIpc) is 2.70. The van der Waals surface area contributed by atoms with E-state index in [4.69, 9.17) is 0 Å². The molecule has 0 fully saturated rings. The Balaban J connectivity index is 2.20. The Kier molecular flexibility index (Phi) is 3.63. The molecule has 0 aliphatic rings. The molecular formula is C10H12BrN5. The van der Waals surface area contributed by atoms with Gasteiger partial charge in [0.25, 0.3) is 0 Å². The molecule has 0 amide bonds. The lowest BCUT2D eigenvalue weighted by atomic mass is 10.2. The molecule has 0 aliphatic heterocycles.